The number of carbonyl (C=O) groups excluding carboxylic acids is 3. The Morgan fingerprint density at radius 2 is 1.64 bits per heavy atom. The van der Waals surface area contributed by atoms with Crippen LogP contribution in [-0.2, 0) is 19.1 Å². The molecule has 3 saturated heterocycles. The van der Waals surface area contributed by atoms with E-state index in [1.807, 2.05) is 32.9 Å². The summed E-state index contributed by atoms with van der Waals surface area (Å²) in [6.07, 6.45) is 3.67. The highest BCUT2D eigenvalue weighted by Gasteiger charge is 2.80. The molecule has 0 radical (unpaired) electrons. The SMILES string of the molecule is C=CCN(C(=O)C1N([C@H](C)CO)C(=O)[C@@H]2[C@@H](C(=O)N(CC=C)c3ccc(OCC)cc3)[C@]3(C)OC12CC3C)c1ccc(Cl)cc1. The highest BCUT2D eigenvalue weighted by atomic mass is 35.5. The van der Waals surface area contributed by atoms with E-state index in [2.05, 4.69) is 13.2 Å². The summed E-state index contributed by atoms with van der Waals surface area (Å²) in [7, 11) is 0. The Balaban J connectivity index is 1.60. The molecular formula is C35H42ClN3O6. The molecule has 0 saturated carbocycles. The molecule has 2 aromatic rings. The Labute approximate surface area is 270 Å². The van der Waals surface area contributed by atoms with Crippen LogP contribution in [0.4, 0.5) is 11.4 Å². The monoisotopic (exact) mass is 635 g/mol. The van der Waals surface area contributed by atoms with Crippen molar-refractivity contribution in [3.8, 4) is 5.75 Å². The van der Waals surface area contributed by atoms with Gasteiger partial charge in [-0.3, -0.25) is 14.4 Å². The normalized spacial score (nSPS) is 28.8. The molecule has 3 aliphatic heterocycles. The average molecular weight is 636 g/mol. The lowest BCUT2D eigenvalue weighted by molar-refractivity contribution is -0.148. The van der Waals surface area contributed by atoms with Crippen LogP contribution in [-0.4, -0.2) is 77.3 Å². The van der Waals surface area contributed by atoms with E-state index in [0.717, 1.165) is 0 Å². The fraction of sp³-hybridized carbons (Fsp3) is 0.457. The van der Waals surface area contributed by atoms with Gasteiger partial charge in [-0.05, 0) is 81.6 Å². The number of ether oxygens (including phenoxy) is 2. The number of hydrogen-bond acceptors (Lipinski definition) is 6. The number of aliphatic hydroxyl groups excluding tert-OH is 1. The molecule has 0 aromatic heterocycles. The first-order valence-corrected chi connectivity index (χ1v) is 15.8. The van der Waals surface area contributed by atoms with E-state index in [9.17, 15) is 19.5 Å². The number of halogens is 1. The van der Waals surface area contributed by atoms with Gasteiger partial charge in [0.05, 0.1) is 36.7 Å². The van der Waals surface area contributed by atoms with Crippen molar-refractivity contribution in [1.29, 1.82) is 0 Å². The lowest BCUT2D eigenvalue weighted by atomic mass is 9.62. The predicted octanol–water partition coefficient (Wildman–Crippen LogP) is 4.87. The van der Waals surface area contributed by atoms with Crippen LogP contribution in [0.25, 0.3) is 0 Å². The number of likely N-dealkylation sites (tertiary alicyclic amines) is 1. The first-order chi connectivity index (χ1) is 21.5. The van der Waals surface area contributed by atoms with Gasteiger partial charge in [0.2, 0.25) is 11.8 Å². The lowest BCUT2D eigenvalue weighted by Crippen LogP contribution is -2.58. The molecule has 3 aliphatic rings. The van der Waals surface area contributed by atoms with E-state index in [0.29, 0.717) is 35.2 Å². The van der Waals surface area contributed by atoms with Crippen LogP contribution in [0.1, 0.15) is 34.1 Å². The van der Waals surface area contributed by atoms with Gasteiger partial charge in [0.25, 0.3) is 5.91 Å². The fourth-order valence-corrected chi connectivity index (χ4v) is 7.75. The third-order valence-corrected chi connectivity index (χ3v) is 10.00. The van der Waals surface area contributed by atoms with Gasteiger partial charge in [0.1, 0.15) is 17.4 Å². The van der Waals surface area contributed by atoms with Gasteiger partial charge in [-0.2, -0.15) is 0 Å². The summed E-state index contributed by atoms with van der Waals surface area (Å²) in [5.74, 6) is -2.30. The van der Waals surface area contributed by atoms with Crippen LogP contribution in [0.3, 0.4) is 0 Å². The van der Waals surface area contributed by atoms with Gasteiger partial charge in [0, 0.05) is 29.5 Å². The average Bonchev–Trinajstić information content (AvgIpc) is 3.55. The number of hydrogen-bond donors (Lipinski definition) is 1. The summed E-state index contributed by atoms with van der Waals surface area (Å²) in [6.45, 7) is 15.8. The smallest absolute Gasteiger partial charge is 0.253 e. The Kier molecular flexibility index (Phi) is 9.18. The third kappa shape index (κ3) is 5.24. The van der Waals surface area contributed by atoms with E-state index >= 15 is 0 Å². The van der Waals surface area contributed by atoms with Gasteiger partial charge >= 0.3 is 0 Å². The molecule has 5 rings (SSSR count). The summed E-state index contributed by atoms with van der Waals surface area (Å²) in [4.78, 5) is 48.6. The topological polar surface area (TPSA) is 99.6 Å². The van der Waals surface area contributed by atoms with Crippen LogP contribution >= 0.6 is 11.6 Å². The van der Waals surface area contributed by atoms with E-state index < -0.39 is 35.1 Å². The van der Waals surface area contributed by atoms with Crippen molar-refractivity contribution < 1.29 is 29.0 Å². The molecule has 2 aromatic carbocycles. The van der Waals surface area contributed by atoms with Gasteiger partial charge in [0.15, 0.2) is 0 Å². The molecular weight excluding hydrogens is 594 g/mol. The zero-order chi connectivity index (χ0) is 32.7. The predicted molar refractivity (Wildman–Crippen MR) is 174 cm³/mol. The molecule has 0 aliphatic carbocycles. The third-order valence-electron chi connectivity index (χ3n) is 9.74. The zero-order valence-corrected chi connectivity index (χ0v) is 27.1. The maximum atomic E-state index is 14.7. The van der Waals surface area contributed by atoms with Gasteiger partial charge in [-0.15, -0.1) is 13.2 Å². The minimum absolute atomic E-state index is 0.149. The van der Waals surface area contributed by atoms with Crippen molar-refractivity contribution in [2.24, 2.45) is 17.8 Å². The summed E-state index contributed by atoms with van der Waals surface area (Å²) >= 11 is 6.14. The van der Waals surface area contributed by atoms with Crippen LogP contribution in [0.5, 0.6) is 5.75 Å². The molecule has 3 unspecified atom stereocenters. The number of carbonyl (C=O) groups is 3. The fourth-order valence-electron chi connectivity index (χ4n) is 7.62. The van der Waals surface area contributed by atoms with E-state index in [1.165, 1.54) is 4.90 Å². The van der Waals surface area contributed by atoms with Crippen LogP contribution in [0.2, 0.25) is 5.02 Å². The number of fused-ring (bicyclic) bond motifs is 1. The summed E-state index contributed by atoms with van der Waals surface area (Å²) < 4.78 is 12.5. The number of rotatable bonds is 12. The summed E-state index contributed by atoms with van der Waals surface area (Å²) in [6, 6.07) is 12.3. The van der Waals surface area contributed by atoms with Gasteiger partial charge < -0.3 is 29.3 Å². The van der Waals surface area contributed by atoms with Crippen LogP contribution < -0.4 is 14.5 Å². The Bertz CT molecular complexity index is 1460. The number of aliphatic hydroxyl groups is 1. The molecule has 1 N–H and O–H groups in total. The Hall–Kier alpha value is -3.66. The summed E-state index contributed by atoms with van der Waals surface area (Å²) in [5, 5.41) is 10.8. The maximum absolute atomic E-state index is 14.7. The van der Waals surface area contributed by atoms with Gasteiger partial charge in [-0.25, -0.2) is 0 Å². The second-order valence-electron chi connectivity index (χ2n) is 12.4. The Morgan fingerprint density at radius 3 is 2.18 bits per heavy atom. The van der Waals surface area contributed by atoms with Crippen molar-refractivity contribution in [1.82, 2.24) is 4.90 Å². The van der Waals surface area contributed by atoms with Crippen molar-refractivity contribution in [2.75, 3.05) is 36.1 Å². The molecule has 2 bridgehead atoms. The summed E-state index contributed by atoms with van der Waals surface area (Å²) in [5.41, 5.74) is -1.08. The molecule has 3 heterocycles. The van der Waals surface area contributed by atoms with Crippen LogP contribution in [0, 0.1) is 17.8 Å². The Morgan fingerprint density at radius 1 is 1.09 bits per heavy atom. The molecule has 45 heavy (non-hydrogen) atoms. The molecule has 7 atom stereocenters. The lowest BCUT2D eigenvalue weighted by Gasteiger charge is -2.39. The maximum Gasteiger partial charge on any atom is 0.253 e. The highest BCUT2D eigenvalue weighted by Crippen LogP contribution is 2.66. The molecule has 1 spiro atoms. The molecule has 240 valence electrons. The molecule has 9 nitrogen and oxygen atoms in total. The number of nitrogens with zero attached hydrogens (tertiary/aromatic N) is 3. The molecule has 3 amide bonds. The highest BCUT2D eigenvalue weighted by molar-refractivity contribution is 6.30. The second kappa shape index (κ2) is 12.6. The largest absolute Gasteiger partial charge is 0.494 e. The zero-order valence-electron chi connectivity index (χ0n) is 26.3. The van der Waals surface area contributed by atoms with E-state index in [-0.39, 0.29) is 43.3 Å². The quantitative estimate of drug-likeness (QED) is 0.334. The van der Waals surface area contributed by atoms with Crippen molar-refractivity contribution in [2.45, 2.75) is 57.4 Å². The molecule has 3 fully saturated rings. The number of benzene rings is 2. The van der Waals surface area contributed by atoms with E-state index in [4.69, 9.17) is 21.1 Å². The van der Waals surface area contributed by atoms with Crippen molar-refractivity contribution in [3.05, 3.63) is 78.9 Å². The number of anilines is 2. The first-order valence-electron chi connectivity index (χ1n) is 15.4. The second-order valence-corrected chi connectivity index (χ2v) is 12.8. The van der Waals surface area contributed by atoms with Crippen molar-refractivity contribution >= 4 is 40.7 Å². The van der Waals surface area contributed by atoms with Gasteiger partial charge in [-0.1, -0.05) is 30.7 Å². The van der Waals surface area contributed by atoms with E-state index in [1.54, 1.807) is 65.3 Å². The minimum Gasteiger partial charge on any atom is -0.494 e. The minimum atomic E-state index is -1.28. The molecule has 10 heteroatoms. The standard InChI is InChI=1S/C35H42ClN3O6/c1-7-18-37(26-14-16-27(17-15-26)44-9-3)31(41)28-29-32(42)39(23(5)21-40)30(35(29)20-22(4)34(28,6)45-35)33(43)38(19-8-2)25-12-10-24(36)11-13-25/h7-8,10-17,22-23,28-30,40H,1-2,9,18-21H2,3-6H3/t22?,23-,28+,29+,30?,34-,35?/m1/s1. The first kappa shape index (κ1) is 32.7. The van der Waals surface area contributed by atoms with Crippen molar-refractivity contribution in [3.63, 3.8) is 0 Å². The number of amides is 3. The van der Waals surface area contributed by atoms with Crippen LogP contribution in [0.15, 0.2) is 73.8 Å².